The van der Waals surface area contributed by atoms with Crippen molar-refractivity contribution in [3.8, 4) is 0 Å². The predicted octanol–water partition coefficient (Wildman–Crippen LogP) is 2.19. The molecule has 1 aromatic heterocycles. The number of benzene rings is 2. The maximum atomic E-state index is 12.2. The van der Waals surface area contributed by atoms with Crippen LogP contribution in [0.25, 0.3) is 10.9 Å². The van der Waals surface area contributed by atoms with E-state index in [1.165, 1.54) is 12.1 Å². The van der Waals surface area contributed by atoms with Crippen molar-refractivity contribution in [3.63, 3.8) is 0 Å². The van der Waals surface area contributed by atoms with Gasteiger partial charge >= 0.3 is 0 Å². The average molecular weight is 386 g/mol. The molecule has 7 heteroatoms. The minimum absolute atomic E-state index is 0.0303. The third-order valence-corrected chi connectivity index (χ3v) is 6.22. The number of nitrogens with zero attached hydrogens (tertiary/aromatic N) is 1. The third kappa shape index (κ3) is 4.56. The fourth-order valence-corrected chi connectivity index (χ4v) is 4.16. The summed E-state index contributed by atoms with van der Waals surface area (Å²) in [5.74, 6) is -0.677. The predicted molar refractivity (Wildman–Crippen MR) is 104 cm³/mol. The highest BCUT2D eigenvalue weighted by Crippen LogP contribution is 2.20. The van der Waals surface area contributed by atoms with Crippen LogP contribution in [0.3, 0.4) is 0 Å². The Bertz CT molecular complexity index is 1040. The summed E-state index contributed by atoms with van der Waals surface area (Å²) in [5.41, 5.74) is 1.76. The van der Waals surface area contributed by atoms with Gasteiger partial charge in [0.1, 0.15) is 0 Å². The lowest BCUT2D eigenvalue weighted by molar-refractivity contribution is -0.121. The molecule has 3 aromatic rings. The van der Waals surface area contributed by atoms with Gasteiger partial charge in [-0.1, -0.05) is 24.3 Å². The van der Waals surface area contributed by atoms with Crippen LogP contribution < -0.4 is 5.32 Å². The summed E-state index contributed by atoms with van der Waals surface area (Å²) in [4.78, 5) is 12.2. The summed E-state index contributed by atoms with van der Waals surface area (Å²) in [6, 6.07) is 15.6. The number of hydrogen-bond donors (Lipinski definition) is 2. The molecular formula is C20H22N2O4S. The van der Waals surface area contributed by atoms with Gasteiger partial charge in [0.2, 0.25) is 5.91 Å². The summed E-state index contributed by atoms with van der Waals surface area (Å²) in [7, 11) is -1.55. The summed E-state index contributed by atoms with van der Waals surface area (Å²) < 4.78 is 26.4. The van der Waals surface area contributed by atoms with Crippen LogP contribution in [0.15, 0.2) is 65.7 Å². The highest BCUT2D eigenvalue weighted by atomic mass is 32.2. The summed E-state index contributed by atoms with van der Waals surface area (Å²) in [6.45, 7) is 0.0303. The van der Waals surface area contributed by atoms with Crippen LogP contribution >= 0.6 is 0 Å². The Balaban J connectivity index is 1.53. The Hall–Kier alpha value is -2.64. The van der Waals surface area contributed by atoms with Gasteiger partial charge in [0, 0.05) is 31.7 Å². The molecule has 0 aliphatic rings. The average Bonchev–Trinajstić information content (AvgIpc) is 3.05. The van der Waals surface area contributed by atoms with Crippen molar-refractivity contribution >= 4 is 26.6 Å². The minimum Gasteiger partial charge on any atom is -0.387 e. The second-order valence-corrected chi connectivity index (χ2v) is 8.56. The van der Waals surface area contributed by atoms with Crippen molar-refractivity contribution in [1.82, 2.24) is 9.88 Å². The fourth-order valence-electron chi connectivity index (χ4n) is 2.90. The Morgan fingerprint density at radius 1 is 1.15 bits per heavy atom. The lowest BCUT2D eigenvalue weighted by Gasteiger charge is -2.13. The van der Waals surface area contributed by atoms with Crippen LogP contribution in [0.2, 0.25) is 0 Å². The van der Waals surface area contributed by atoms with Gasteiger partial charge in [-0.15, -0.1) is 0 Å². The van der Waals surface area contributed by atoms with E-state index in [4.69, 9.17) is 0 Å². The van der Waals surface area contributed by atoms with Gasteiger partial charge in [-0.25, -0.2) is 8.42 Å². The summed E-state index contributed by atoms with van der Waals surface area (Å²) in [6.07, 6.45) is 0.932. The standard InChI is InChI=1S/C20H22N2O4S/c1-22-11-9-15-13-16(7-8-18(15)22)19(23)14-21-20(24)10-12-27(25,26)17-5-3-2-4-6-17/h2-9,11,13,19,23H,10,12,14H2,1H3,(H,21,24). The van der Waals surface area contributed by atoms with Gasteiger partial charge in [0.15, 0.2) is 9.84 Å². The van der Waals surface area contributed by atoms with Gasteiger partial charge in [-0.3, -0.25) is 4.79 Å². The molecule has 3 rings (SSSR count). The topological polar surface area (TPSA) is 88.4 Å². The largest absolute Gasteiger partial charge is 0.387 e. The number of nitrogens with one attached hydrogen (secondary N) is 1. The lowest BCUT2D eigenvalue weighted by atomic mass is 10.1. The molecule has 0 radical (unpaired) electrons. The zero-order valence-electron chi connectivity index (χ0n) is 15.0. The van der Waals surface area contributed by atoms with Gasteiger partial charge < -0.3 is 15.0 Å². The van der Waals surface area contributed by atoms with Crippen molar-refractivity contribution < 1.29 is 18.3 Å². The van der Waals surface area contributed by atoms with E-state index in [0.29, 0.717) is 5.56 Å². The van der Waals surface area contributed by atoms with Crippen LogP contribution in [-0.2, 0) is 21.7 Å². The number of fused-ring (bicyclic) bond motifs is 1. The number of aliphatic hydroxyl groups is 1. The monoisotopic (exact) mass is 386 g/mol. The number of aryl methyl sites for hydroxylation is 1. The van der Waals surface area contributed by atoms with E-state index in [9.17, 15) is 18.3 Å². The van der Waals surface area contributed by atoms with Crippen molar-refractivity contribution in [2.75, 3.05) is 12.3 Å². The number of carbonyl (C=O) groups excluding carboxylic acids is 1. The normalized spacial score (nSPS) is 12.8. The highest BCUT2D eigenvalue weighted by molar-refractivity contribution is 7.91. The minimum atomic E-state index is -3.49. The highest BCUT2D eigenvalue weighted by Gasteiger charge is 2.17. The van der Waals surface area contributed by atoms with E-state index in [-0.39, 0.29) is 23.6 Å². The van der Waals surface area contributed by atoms with Gasteiger partial charge in [0.25, 0.3) is 0 Å². The molecule has 0 saturated carbocycles. The number of amides is 1. The molecule has 1 atom stereocenters. The van der Waals surface area contributed by atoms with E-state index in [0.717, 1.165) is 10.9 Å². The zero-order chi connectivity index (χ0) is 19.4. The SMILES string of the molecule is Cn1ccc2cc(C(O)CNC(=O)CCS(=O)(=O)c3ccccc3)ccc21. The molecule has 1 heterocycles. The van der Waals surface area contributed by atoms with Crippen LogP contribution in [0, 0.1) is 0 Å². The molecule has 0 saturated heterocycles. The molecule has 0 aliphatic carbocycles. The smallest absolute Gasteiger partial charge is 0.221 e. The van der Waals surface area contributed by atoms with E-state index in [2.05, 4.69) is 5.32 Å². The number of aromatic nitrogens is 1. The molecule has 1 unspecified atom stereocenters. The van der Waals surface area contributed by atoms with Gasteiger partial charge in [-0.2, -0.15) is 0 Å². The first kappa shape index (κ1) is 19.1. The number of sulfone groups is 1. The molecule has 2 aromatic carbocycles. The quantitative estimate of drug-likeness (QED) is 0.652. The molecule has 0 aliphatic heterocycles. The second kappa shape index (κ2) is 7.94. The van der Waals surface area contributed by atoms with Crippen molar-refractivity contribution in [3.05, 3.63) is 66.4 Å². The Labute approximate surface area is 158 Å². The maximum Gasteiger partial charge on any atom is 0.221 e. The zero-order valence-corrected chi connectivity index (χ0v) is 15.8. The Morgan fingerprint density at radius 2 is 1.89 bits per heavy atom. The molecular weight excluding hydrogens is 364 g/mol. The second-order valence-electron chi connectivity index (χ2n) is 6.45. The van der Waals surface area contributed by atoms with Gasteiger partial charge in [-0.05, 0) is 41.3 Å². The van der Waals surface area contributed by atoms with Crippen LogP contribution in [0.4, 0.5) is 0 Å². The molecule has 142 valence electrons. The number of hydrogen-bond acceptors (Lipinski definition) is 4. The first-order chi connectivity index (χ1) is 12.9. The van der Waals surface area contributed by atoms with Crippen molar-refractivity contribution in [1.29, 1.82) is 0 Å². The van der Waals surface area contributed by atoms with Crippen LogP contribution in [-0.4, -0.2) is 36.3 Å². The third-order valence-electron chi connectivity index (χ3n) is 4.49. The van der Waals surface area contributed by atoms with E-state index in [1.54, 1.807) is 18.2 Å². The summed E-state index contributed by atoms with van der Waals surface area (Å²) >= 11 is 0. The van der Waals surface area contributed by atoms with Crippen molar-refractivity contribution in [2.24, 2.45) is 7.05 Å². The fraction of sp³-hybridized carbons (Fsp3) is 0.250. The molecule has 1 amide bonds. The number of rotatable bonds is 7. The van der Waals surface area contributed by atoms with E-state index in [1.807, 2.05) is 42.1 Å². The Morgan fingerprint density at radius 3 is 2.63 bits per heavy atom. The molecule has 27 heavy (non-hydrogen) atoms. The van der Waals surface area contributed by atoms with E-state index < -0.39 is 21.8 Å². The lowest BCUT2D eigenvalue weighted by Crippen LogP contribution is -2.29. The maximum absolute atomic E-state index is 12.2. The molecule has 0 bridgehead atoms. The van der Waals surface area contributed by atoms with E-state index >= 15 is 0 Å². The molecule has 0 spiro atoms. The molecule has 6 nitrogen and oxygen atoms in total. The number of carbonyl (C=O) groups is 1. The first-order valence-corrected chi connectivity index (χ1v) is 10.3. The van der Waals surface area contributed by atoms with Crippen LogP contribution in [0.1, 0.15) is 18.1 Å². The van der Waals surface area contributed by atoms with Crippen molar-refractivity contribution in [2.45, 2.75) is 17.4 Å². The molecule has 2 N–H and O–H groups in total. The van der Waals surface area contributed by atoms with Crippen LogP contribution in [0.5, 0.6) is 0 Å². The molecule has 0 fully saturated rings. The van der Waals surface area contributed by atoms with Gasteiger partial charge in [0.05, 0.1) is 16.8 Å². The summed E-state index contributed by atoms with van der Waals surface area (Å²) in [5, 5.41) is 13.9. The first-order valence-electron chi connectivity index (χ1n) is 8.64. The Kier molecular flexibility index (Phi) is 5.62. The number of aliphatic hydroxyl groups excluding tert-OH is 1.